The van der Waals surface area contributed by atoms with E-state index >= 15 is 0 Å². The highest BCUT2D eigenvalue weighted by Gasteiger charge is 2.25. The molecule has 0 aromatic heterocycles. The van der Waals surface area contributed by atoms with E-state index in [2.05, 4.69) is 5.32 Å². The number of carboxylic acids is 1. The zero-order valence-electron chi connectivity index (χ0n) is 10.3. The van der Waals surface area contributed by atoms with Crippen molar-refractivity contribution >= 4 is 23.8 Å². The fourth-order valence-corrected chi connectivity index (χ4v) is 3.05. The Hall–Kier alpha value is -0.910. The SMILES string of the molecule is CCC(CC(=O)O)NC(=O)N(C)C1CCSC1. The van der Waals surface area contributed by atoms with E-state index in [1.165, 1.54) is 0 Å². The second-order valence-electron chi connectivity index (χ2n) is 4.28. The lowest BCUT2D eigenvalue weighted by atomic mass is 10.1. The molecule has 0 aromatic carbocycles. The molecule has 98 valence electrons. The van der Waals surface area contributed by atoms with E-state index < -0.39 is 5.97 Å². The van der Waals surface area contributed by atoms with Crippen LogP contribution >= 0.6 is 11.8 Å². The first-order chi connectivity index (χ1) is 8.04. The highest BCUT2D eigenvalue weighted by Crippen LogP contribution is 2.21. The first kappa shape index (κ1) is 14.2. The Morgan fingerprint density at radius 2 is 2.29 bits per heavy atom. The van der Waals surface area contributed by atoms with Crippen molar-refractivity contribution in [3.63, 3.8) is 0 Å². The van der Waals surface area contributed by atoms with Gasteiger partial charge in [-0.25, -0.2) is 4.79 Å². The van der Waals surface area contributed by atoms with Gasteiger partial charge in [-0.2, -0.15) is 11.8 Å². The zero-order chi connectivity index (χ0) is 12.8. The van der Waals surface area contributed by atoms with Crippen LogP contribution in [0.4, 0.5) is 4.79 Å². The molecule has 1 fully saturated rings. The maximum Gasteiger partial charge on any atom is 0.317 e. The number of nitrogens with one attached hydrogen (secondary N) is 1. The van der Waals surface area contributed by atoms with Crippen molar-refractivity contribution in [3.8, 4) is 0 Å². The summed E-state index contributed by atoms with van der Waals surface area (Å²) in [7, 11) is 1.78. The van der Waals surface area contributed by atoms with Crippen molar-refractivity contribution in [2.24, 2.45) is 0 Å². The summed E-state index contributed by atoms with van der Waals surface area (Å²) in [5, 5.41) is 11.5. The van der Waals surface area contributed by atoms with Crippen LogP contribution < -0.4 is 5.32 Å². The van der Waals surface area contributed by atoms with Crippen molar-refractivity contribution in [3.05, 3.63) is 0 Å². The van der Waals surface area contributed by atoms with E-state index in [-0.39, 0.29) is 24.5 Å². The lowest BCUT2D eigenvalue weighted by Gasteiger charge is -2.26. The summed E-state index contributed by atoms with van der Waals surface area (Å²) in [6.45, 7) is 1.87. The third-order valence-electron chi connectivity index (χ3n) is 3.02. The average molecular weight is 260 g/mol. The summed E-state index contributed by atoms with van der Waals surface area (Å²) >= 11 is 1.85. The highest BCUT2D eigenvalue weighted by atomic mass is 32.2. The maximum absolute atomic E-state index is 11.9. The minimum Gasteiger partial charge on any atom is -0.481 e. The molecule has 2 atom stereocenters. The third-order valence-corrected chi connectivity index (χ3v) is 4.16. The van der Waals surface area contributed by atoms with E-state index in [1.54, 1.807) is 11.9 Å². The summed E-state index contributed by atoms with van der Waals surface area (Å²) in [5.41, 5.74) is 0. The predicted octanol–water partition coefficient (Wildman–Crippen LogP) is 1.39. The fourth-order valence-electron chi connectivity index (χ4n) is 1.78. The minimum absolute atomic E-state index is 0.0184. The summed E-state index contributed by atoms with van der Waals surface area (Å²) < 4.78 is 0. The second kappa shape index (κ2) is 6.74. The molecule has 0 saturated carbocycles. The Morgan fingerprint density at radius 3 is 2.76 bits per heavy atom. The molecule has 1 rings (SSSR count). The molecule has 6 heteroatoms. The molecule has 1 aliphatic heterocycles. The van der Waals surface area contributed by atoms with Crippen molar-refractivity contribution in [2.45, 2.75) is 38.3 Å². The van der Waals surface area contributed by atoms with Crippen molar-refractivity contribution in [1.82, 2.24) is 10.2 Å². The number of hydrogen-bond acceptors (Lipinski definition) is 3. The quantitative estimate of drug-likeness (QED) is 0.783. The van der Waals surface area contributed by atoms with Gasteiger partial charge in [0.15, 0.2) is 0 Å². The Balaban J connectivity index is 2.42. The number of nitrogens with zero attached hydrogens (tertiary/aromatic N) is 1. The molecule has 0 radical (unpaired) electrons. The van der Waals surface area contributed by atoms with Crippen LogP contribution in [-0.4, -0.2) is 52.6 Å². The van der Waals surface area contributed by atoms with Crippen LogP contribution in [0.25, 0.3) is 0 Å². The van der Waals surface area contributed by atoms with Crippen molar-refractivity contribution < 1.29 is 14.7 Å². The van der Waals surface area contributed by atoms with Gasteiger partial charge >= 0.3 is 12.0 Å². The minimum atomic E-state index is -0.878. The first-order valence-electron chi connectivity index (χ1n) is 5.87. The Kier molecular flexibility index (Phi) is 5.61. The van der Waals surface area contributed by atoms with Crippen molar-refractivity contribution in [2.75, 3.05) is 18.6 Å². The van der Waals surface area contributed by atoms with Crippen LogP contribution in [0.15, 0.2) is 0 Å². The van der Waals surface area contributed by atoms with E-state index in [4.69, 9.17) is 5.11 Å². The number of carboxylic acid groups (broad SMARTS) is 1. The molecule has 2 N–H and O–H groups in total. The molecule has 2 amide bonds. The smallest absolute Gasteiger partial charge is 0.317 e. The number of aliphatic carboxylic acids is 1. The van der Waals surface area contributed by atoms with E-state index in [0.29, 0.717) is 6.42 Å². The van der Waals surface area contributed by atoms with Gasteiger partial charge in [-0.1, -0.05) is 6.92 Å². The van der Waals surface area contributed by atoms with Crippen LogP contribution in [0.1, 0.15) is 26.2 Å². The van der Waals surface area contributed by atoms with Gasteiger partial charge in [0.05, 0.1) is 6.42 Å². The van der Waals surface area contributed by atoms with Crippen LogP contribution in [0.3, 0.4) is 0 Å². The van der Waals surface area contributed by atoms with Crippen LogP contribution in [0, 0.1) is 0 Å². The monoisotopic (exact) mass is 260 g/mol. The molecule has 1 heterocycles. The molecule has 0 aromatic rings. The summed E-state index contributed by atoms with van der Waals surface area (Å²) in [5.74, 6) is 1.19. The van der Waals surface area contributed by atoms with E-state index in [9.17, 15) is 9.59 Å². The molecular weight excluding hydrogens is 240 g/mol. The average Bonchev–Trinajstić information content (AvgIpc) is 2.79. The standard InChI is InChI=1S/C11H20N2O3S/c1-3-8(6-10(14)15)12-11(16)13(2)9-4-5-17-7-9/h8-9H,3-7H2,1-2H3,(H,12,16)(H,14,15). The highest BCUT2D eigenvalue weighted by molar-refractivity contribution is 7.99. The maximum atomic E-state index is 11.9. The molecule has 0 spiro atoms. The number of urea groups is 1. The molecule has 1 aliphatic rings. The Bertz CT molecular complexity index is 280. The van der Waals surface area contributed by atoms with Crippen molar-refractivity contribution in [1.29, 1.82) is 0 Å². The van der Waals surface area contributed by atoms with Crippen LogP contribution in [0.2, 0.25) is 0 Å². The van der Waals surface area contributed by atoms with Gasteiger partial charge in [-0.3, -0.25) is 4.79 Å². The number of hydrogen-bond donors (Lipinski definition) is 2. The number of rotatable bonds is 5. The van der Waals surface area contributed by atoms with Gasteiger partial charge in [0.2, 0.25) is 0 Å². The summed E-state index contributed by atoms with van der Waals surface area (Å²) in [4.78, 5) is 24.2. The topological polar surface area (TPSA) is 69.6 Å². The number of carbonyl (C=O) groups excluding carboxylic acids is 1. The van der Waals surface area contributed by atoms with Gasteiger partial charge in [0.1, 0.15) is 0 Å². The number of carbonyl (C=O) groups is 2. The van der Waals surface area contributed by atoms with E-state index in [1.807, 2.05) is 18.7 Å². The normalized spacial score (nSPS) is 20.9. The fraction of sp³-hybridized carbons (Fsp3) is 0.818. The first-order valence-corrected chi connectivity index (χ1v) is 7.03. The molecular formula is C11H20N2O3S. The van der Waals surface area contributed by atoms with Gasteiger partial charge in [0, 0.05) is 24.9 Å². The molecule has 17 heavy (non-hydrogen) atoms. The van der Waals surface area contributed by atoms with Gasteiger partial charge < -0.3 is 15.3 Å². The van der Waals surface area contributed by atoms with E-state index in [0.717, 1.165) is 17.9 Å². The van der Waals surface area contributed by atoms with Gasteiger partial charge in [-0.15, -0.1) is 0 Å². The molecule has 1 saturated heterocycles. The second-order valence-corrected chi connectivity index (χ2v) is 5.43. The zero-order valence-corrected chi connectivity index (χ0v) is 11.1. The molecule has 5 nitrogen and oxygen atoms in total. The largest absolute Gasteiger partial charge is 0.481 e. The predicted molar refractivity (Wildman–Crippen MR) is 68.4 cm³/mol. The van der Waals surface area contributed by atoms with Crippen LogP contribution in [-0.2, 0) is 4.79 Å². The lowest BCUT2D eigenvalue weighted by Crippen LogP contribution is -2.47. The molecule has 0 aliphatic carbocycles. The number of thioether (sulfide) groups is 1. The molecule has 0 bridgehead atoms. The lowest BCUT2D eigenvalue weighted by molar-refractivity contribution is -0.137. The van der Waals surface area contributed by atoms with Crippen LogP contribution in [0.5, 0.6) is 0 Å². The van der Waals surface area contributed by atoms with Gasteiger partial charge in [-0.05, 0) is 18.6 Å². The molecule has 2 unspecified atom stereocenters. The summed E-state index contributed by atoms with van der Waals surface area (Å²) in [6.07, 6.45) is 1.63. The summed E-state index contributed by atoms with van der Waals surface area (Å²) in [6, 6.07) is -0.163. The Labute approximate surface area is 106 Å². The third kappa shape index (κ3) is 4.46. The number of amides is 2. The van der Waals surface area contributed by atoms with Gasteiger partial charge in [0.25, 0.3) is 0 Å². The Morgan fingerprint density at radius 1 is 1.59 bits per heavy atom.